The van der Waals surface area contributed by atoms with Crippen molar-refractivity contribution >= 4 is 10.5 Å². The smallest absolute Gasteiger partial charge is 0.145 e. The van der Waals surface area contributed by atoms with Gasteiger partial charge < -0.3 is 4.43 Å². The van der Waals surface area contributed by atoms with Gasteiger partial charge in [-0.2, -0.15) is 0 Å². The van der Waals surface area contributed by atoms with Crippen LogP contribution in [0, 0.1) is 10.8 Å². The molecular formula is C17H30OSi. The first kappa shape index (κ1) is 16.5. The topological polar surface area (TPSA) is 9.23 Å². The number of hydrogen-bond acceptors (Lipinski definition) is 1. The van der Waals surface area contributed by atoms with Crippen molar-refractivity contribution in [3.8, 4) is 0 Å². The van der Waals surface area contributed by atoms with Crippen LogP contribution in [0.1, 0.15) is 53.5 Å². The van der Waals surface area contributed by atoms with Gasteiger partial charge in [-0.1, -0.05) is 71.9 Å². The number of benzene rings is 1. The van der Waals surface area contributed by atoms with E-state index in [-0.39, 0.29) is 16.2 Å². The molecule has 2 heteroatoms. The fourth-order valence-corrected chi connectivity index (χ4v) is 4.07. The molecule has 0 atom stereocenters. The summed E-state index contributed by atoms with van der Waals surface area (Å²) in [6.07, 6.45) is 1.08. The summed E-state index contributed by atoms with van der Waals surface area (Å²) in [5, 5.41) is 0. The summed E-state index contributed by atoms with van der Waals surface area (Å²) in [5.74, 6) is 0. The van der Waals surface area contributed by atoms with E-state index >= 15 is 0 Å². The summed E-state index contributed by atoms with van der Waals surface area (Å²) < 4.78 is 5.55. The first-order valence-electron chi connectivity index (χ1n) is 7.21. The van der Waals surface area contributed by atoms with Crippen molar-refractivity contribution < 1.29 is 4.43 Å². The predicted molar refractivity (Wildman–Crippen MR) is 87.5 cm³/mol. The van der Waals surface area contributed by atoms with Gasteiger partial charge in [-0.05, 0) is 22.8 Å². The summed E-state index contributed by atoms with van der Waals surface area (Å²) in [6.45, 7) is 15.0. The van der Waals surface area contributed by atoms with Crippen LogP contribution in [0.3, 0.4) is 0 Å². The minimum atomic E-state index is 0.117. The number of rotatable bonds is 4. The van der Waals surface area contributed by atoms with Gasteiger partial charge in [-0.25, -0.2) is 0 Å². The Kier molecular flexibility index (Phi) is 5.02. The Hall–Kier alpha value is -0.603. The zero-order chi connectivity index (χ0) is 14.7. The van der Waals surface area contributed by atoms with Crippen LogP contribution in [0.2, 0.25) is 0 Å². The van der Waals surface area contributed by atoms with E-state index in [9.17, 15) is 0 Å². The maximum atomic E-state index is 5.55. The number of hydrogen-bond donors (Lipinski definition) is 0. The lowest BCUT2D eigenvalue weighted by molar-refractivity contribution is 0.0301. The third-order valence-corrected chi connectivity index (χ3v) is 4.92. The Morgan fingerprint density at radius 1 is 0.895 bits per heavy atom. The zero-order valence-electron chi connectivity index (χ0n) is 13.7. The third-order valence-electron chi connectivity index (χ3n) is 4.51. The zero-order valence-corrected chi connectivity index (χ0v) is 15.7. The predicted octanol–water partition coefficient (Wildman–Crippen LogP) is 3.70. The van der Waals surface area contributed by atoms with Gasteiger partial charge in [0, 0.05) is 12.0 Å². The van der Waals surface area contributed by atoms with Gasteiger partial charge in [0.05, 0.1) is 0 Å². The molecule has 0 heterocycles. The Morgan fingerprint density at radius 3 is 1.74 bits per heavy atom. The lowest BCUT2D eigenvalue weighted by Crippen LogP contribution is -2.51. The van der Waals surface area contributed by atoms with E-state index in [1.54, 1.807) is 0 Å². The highest BCUT2D eigenvalue weighted by Gasteiger charge is 2.50. The van der Waals surface area contributed by atoms with Gasteiger partial charge in [0.25, 0.3) is 0 Å². The van der Waals surface area contributed by atoms with Crippen molar-refractivity contribution in [2.24, 2.45) is 10.8 Å². The second kappa shape index (κ2) is 5.80. The first-order chi connectivity index (χ1) is 8.67. The van der Waals surface area contributed by atoms with Crippen LogP contribution < -0.4 is 0 Å². The fraction of sp³-hybridized carbons (Fsp3) is 0.647. The van der Waals surface area contributed by atoms with Crippen LogP contribution in [0.15, 0.2) is 30.3 Å². The molecular weight excluding hydrogens is 248 g/mol. The molecule has 1 nitrogen and oxygen atoms in total. The molecule has 108 valence electrons. The second-order valence-corrected chi connectivity index (χ2v) is 8.09. The van der Waals surface area contributed by atoms with Crippen molar-refractivity contribution in [1.29, 1.82) is 0 Å². The van der Waals surface area contributed by atoms with Crippen LogP contribution >= 0.6 is 0 Å². The summed E-state index contributed by atoms with van der Waals surface area (Å²) in [6, 6.07) is 11.0. The van der Waals surface area contributed by atoms with E-state index in [0.29, 0.717) is 0 Å². The van der Waals surface area contributed by atoms with E-state index in [2.05, 4.69) is 71.9 Å². The SMILES string of the molecule is CC(C)(C)C(CCO[SiH3])(c1ccccc1)C(C)(C)C. The molecule has 0 unspecified atom stereocenters. The molecule has 1 aromatic rings. The van der Waals surface area contributed by atoms with E-state index < -0.39 is 0 Å². The van der Waals surface area contributed by atoms with E-state index in [0.717, 1.165) is 23.5 Å². The minimum absolute atomic E-state index is 0.117. The molecule has 0 spiro atoms. The minimum Gasteiger partial charge on any atom is -0.428 e. The first-order valence-corrected chi connectivity index (χ1v) is 8.03. The van der Waals surface area contributed by atoms with Gasteiger partial charge in [0.2, 0.25) is 0 Å². The van der Waals surface area contributed by atoms with Crippen molar-refractivity contribution in [3.05, 3.63) is 35.9 Å². The summed E-state index contributed by atoms with van der Waals surface area (Å²) >= 11 is 0. The average Bonchev–Trinajstić information content (AvgIpc) is 2.27. The summed E-state index contributed by atoms with van der Waals surface area (Å²) in [7, 11) is 0.818. The van der Waals surface area contributed by atoms with Gasteiger partial charge in [0.1, 0.15) is 10.5 Å². The molecule has 19 heavy (non-hydrogen) atoms. The average molecular weight is 279 g/mol. The molecule has 1 aromatic carbocycles. The van der Waals surface area contributed by atoms with Crippen LogP contribution in [0.4, 0.5) is 0 Å². The van der Waals surface area contributed by atoms with E-state index in [4.69, 9.17) is 4.43 Å². The molecule has 0 amide bonds. The fourth-order valence-electron chi connectivity index (χ4n) is 3.86. The normalized spacial score (nSPS) is 13.8. The maximum Gasteiger partial charge on any atom is 0.145 e. The van der Waals surface area contributed by atoms with E-state index in [1.165, 1.54) is 5.56 Å². The van der Waals surface area contributed by atoms with Crippen molar-refractivity contribution in [2.75, 3.05) is 6.61 Å². The standard InChI is InChI=1S/C17H30OSi/c1-15(2,3)17(12-13-18-19,16(4,5)6)14-10-8-7-9-11-14/h7-11H,12-13H2,1-6,19H3. The highest BCUT2D eigenvalue weighted by Crippen LogP contribution is 2.55. The van der Waals surface area contributed by atoms with Gasteiger partial charge in [0.15, 0.2) is 0 Å². The Bertz CT molecular complexity index is 370. The molecule has 0 saturated heterocycles. The highest BCUT2D eigenvalue weighted by atomic mass is 28.2. The molecule has 0 aliphatic carbocycles. The Balaban J connectivity index is 3.45. The largest absolute Gasteiger partial charge is 0.428 e. The molecule has 0 saturated carbocycles. The molecule has 0 bridgehead atoms. The van der Waals surface area contributed by atoms with E-state index in [1.807, 2.05) is 0 Å². The molecule has 0 fully saturated rings. The van der Waals surface area contributed by atoms with Crippen LogP contribution in [0.5, 0.6) is 0 Å². The molecule has 0 aromatic heterocycles. The third kappa shape index (κ3) is 3.11. The quantitative estimate of drug-likeness (QED) is 0.763. The lowest BCUT2D eigenvalue weighted by Gasteiger charge is -2.54. The molecule has 0 aliphatic rings. The van der Waals surface area contributed by atoms with Crippen LogP contribution in [-0.4, -0.2) is 17.1 Å². The highest BCUT2D eigenvalue weighted by molar-refractivity contribution is 5.97. The summed E-state index contributed by atoms with van der Waals surface area (Å²) in [5.41, 5.74) is 1.93. The van der Waals surface area contributed by atoms with Crippen molar-refractivity contribution in [1.82, 2.24) is 0 Å². The van der Waals surface area contributed by atoms with Gasteiger partial charge >= 0.3 is 0 Å². The van der Waals surface area contributed by atoms with Gasteiger partial charge in [-0.15, -0.1) is 0 Å². The Labute approximate surface area is 122 Å². The van der Waals surface area contributed by atoms with Crippen LogP contribution in [-0.2, 0) is 9.84 Å². The monoisotopic (exact) mass is 278 g/mol. The molecule has 0 aliphatic heterocycles. The van der Waals surface area contributed by atoms with Crippen molar-refractivity contribution in [3.63, 3.8) is 0 Å². The molecule has 1 rings (SSSR count). The van der Waals surface area contributed by atoms with Crippen LogP contribution in [0.25, 0.3) is 0 Å². The maximum absolute atomic E-state index is 5.55. The lowest BCUT2D eigenvalue weighted by atomic mass is 9.50. The van der Waals surface area contributed by atoms with Crippen molar-refractivity contribution in [2.45, 2.75) is 53.4 Å². The second-order valence-electron chi connectivity index (χ2n) is 7.51. The Morgan fingerprint density at radius 2 is 1.37 bits per heavy atom. The molecule has 0 N–H and O–H groups in total. The van der Waals surface area contributed by atoms with Gasteiger partial charge in [-0.3, -0.25) is 0 Å². The summed E-state index contributed by atoms with van der Waals surface area (Å²) in [4.78, 5) is 0. The molecule has 0 radical (unpaired) electrons.